The van der Waals surface area contributed by atoms with Crippen molar-refractivity contribution < 1.29 is 4.92 Å². The third-order valence-corrected chi connectivity index (χ3v) is 2.51. The van der Waals surface area contributed by atoms with Crippen molar-refractivity contribution in [3.8, 4) is 11.1 Å². The van der Waals surface area contributed by atoms with Gasteiger partial charge in [-0.25, -0.2) is 0 Å². The van der Waals surface area contributed by atoms with Gasteiger partial charge in [0.2, 0.25) is 0 Å². The van der Waals surface area contributed by atoms with E-state index in [1.54, 1.807) is 18.3 Å². The number of aromatic nitrogens is 2. The Bertz CT molecular complexity index is 507. The van der Waals surface area contributed by atoms with E-state index in [0.29, 0.717) is 5.88 Å². The fraction of sp³-hybridized carbons (Fsp3) is 0.100. The fourth-order valence-electron chi connectivity index (χ4n) is 1.43. The average molecular weight is 238 g/mol. The van der Waals surface area contributed by atoms with Crippen LogP contribution in [0.3, 0.4) is 0 Å². The molecule has 5 nitrogen and oxygen atoms in total. The molecule has 0 aliphatic heterocycles. The van der Waals surface area contributed by atoms with Crippen LogP contribution in [-0.2, 0) is 5.88 Å². The first-order chi connectivity index (χ1) is 7.72. The van der Waals surface area contributed by atoms with Gasteiger partial charge < -0.3 is 0 Å². The Labute approximate surface area is 96.2 Å². The second-order valence-corrected chi connectivity index (χ2v) is 3.47. The SMILES string of the molecule is O=[N+]([O-])c1ccc(-c2cn[nH]c2CCl)cc1. The monoisotopic (exact) mass is 237 g/mol. The summed E-state index contributed by atoms with van der Waals surface area (Å²) in [6, 6.07) is 6.28. The minimum absolute atomic E-state index is 0.0691. The van der Waals surface area contributed by atoms with E-state index in [4.69, 9.17) is 11.6 Å². The maximum absolute atomic E-state index is 10.5. The lowest BCUT2D eigenvalue weighted by Gasteiger charge is -1.99. The van der Waals surface area contributed by atoms with Gasteiger partial charge >= 0.3 is 0 Å². The summed E-state index contributed by atoms with van der Waals surface area (Å²) in [5, 5.41) is 17.1. The molecule has 0 saturated carbocycles. The number of nitro benzene ring substituents is 1. The molecule has 0 spiro atoms. The highest BCUT2D eigenvalue weighted by Crippen LogP contribution is 2.25. The van der Waals surface area contributed by atoms with E-state index in [-0.39, 0.29) is 5.69 Å². The Kier molecular flexibility index (Phi) is 2.87. The molecule has 2 rings (SSSR count). The summed E-state index contributed by atoms with van der Waals surface area (Å²) in [6.45, 7) is 0. The minimum atomic E-state index is -0.429. The highest BCUT2D eigenvalue weighted by molar-refractivity contribution is 6.17. The lowest BCUT2D eigenvalue weighted by molar-refractivity contribution is -0.384. The lowest BCUT2D eigenvalue weighted by Crippen LogP contribution is -1.88. The first-order valence-electron chi connectivity index (χ1n) is 4.55. The van der Waals surface area contributed by atoms with E-state index in [1.165, 1.54) is 12.1 Å². The number of H-pyrrole nitrogens is 1. The van der Waals surface area contributed by atoms with Gasteiger partial charge in [0.05, 0.1) is 22.7 Å². The van der Waals surface area contributed by atoms with Gasteiger partial charge in [0.1, 0.15) is 0 Å². The number of hydrogen-bond acceptors (Lipinski definition) is 3. The van der Waals surface area contributed by atoms with Crippen LogP contribution in [0.1, 0.15) is 5.69 Å². The van der Waals surface area contributed by atoms with Crippen LogP contribution in [0.15, 0.2) is 30.5 Å². The van der Waals surface area contributed by atoms with E-state index in [2.05, 4.69) is 10.2 Å². The summed E-state index contributed by atoms with van der Waals surface area (Å²) < 4.78 is 0. The van der Waals surface area contributed by atoms with Gasteiger partial charge in [-0.1, -0.05) is 0 Å². The van der Waals surface area contributed by atoms with E-state index in [0.717, 1.165) is 16.8 Å². The molecule has 16 heavy (non-hydrogen) atoms. The molecule has 1 aromatic carbocycles. The number of hydrogen-bond donors (Lipinski definition) is 1. The second-order valence-electron chi connectivity index (χ2n) is 3.20. The third-order valence-electron chi connectivity index (χ3n) is 2.24. The lowest BCUT2D eigenvalue weighted by atomic mass is 10.1. The number of benzene rings is 1. The van der Waals surface area contributed by atoms with Gasteiger partial charge in [0, 0.05) is 17.7 Å². The van der Waals surface area contributed by atoms with Crippen molar-refractivity contribution in [1.82, 2.24) is 10.2 Å². The molecule has 1 aromatic heterocycles. The smallest absolute Gasteiger partial charge is 0.269 e. The maximum Gasteiger partial charge on any atom is 0.269 e. The summed E-state index contributed by atoms with van der Waals surface area (Å²) in [5.74, 6) is 0.326. The number of rotatable bonds is 3. The van der Waals surface area contributed by atoms with Gasteiger partial charge in [-0.2, -0.15) is 5.10 Å². The quantitative estimate of drug-likeness (QED) is 0.507. The number of nitrogens with one attached hydrogen (secondary N) is 1. The number of halogens is 1. The Hall–Kier alpha value is -1.88. The van der Waals surface area contributed by atoms with E-state index in [9.17, 15) is 10.1 Å². The summed E-state index contributed by atoms with van der Waals surface area (Å²) >= 11 is 5.73. The van der Waals surface area contributed by atoms with Gasteiger partial charge in [-0.05, 0) is 17.7 Å². The predicted octanol–water partition coefficient (Wildman–Crippen LogP) is 2.72. The molecular weight excluding hydrogens is 230 g/mol. The predicted molar refractivity (Wildman–Crippen MR) is 60.2 cm³/mol. The molecule has 2 aromatic rings. The molecule has 0 bridgehead atoms. The largest absolute Gasteiger partial charge is 0.281 e. The van der Waals surface area contributed by atoms with Crippen molar-refractivity contribution in [2.45, 2.75) is 5.88 Å². The number of aromatic amines is 1. The van der Waals surface area contributed by atoms with Gasteiger partial charge in [-0.15, -0.1) is 11.6 Å². The first-order valence-corrected chi connectivity index (χ1v) is 5.09. The molecule has 0 radical (unpaired) electrons. The Morgan fingerprint density at radius 2 is 2.06 bits per heavy atom. The Balaban J connectivity index is 2.38. The Morgan fingerprint density at radius 1 is 1.38 bits per heavy atom. The third kappa shape index (κ3) is 1.90. The summed E-state index contributed by atoms with van der Waals surface area (Å²) in [6.07, 6.45) is 1.65. The molecule has 0 aliphatic carbocycles. The second kappa shape index (κ2) is 4.32. The first kappa shape index (κ1) is 10.6. The van der Waals surface area contributed by atoms with Crippen molar-refractivity contribution >= 4 is 17.3 Å². The molecular formula is C10H8ClN3O2. The molecule has 1 N–H and O–H groups in total. The van der Waals surface area contributed by atoms with Crippen LogP contribution in [0.4, 0.5) is 5.69 Å². The van der Waals surface area contributed by atoms with Crippen molar-refractivity contribution in [2.24, 2.45) is 0 Å². The van der Waals surface area contributed by atoms with E-state index < -0.39 is 4.92 Å². The number of alkyl halides is 1. The van der Waals surface area contributed by atoms with E-state index in [1.807, 2.05) is 0 Å². The van der Waals surface area contributed by atoms with Crippen molar-refractivity contribution in [3.05, 3.63) is 46.3 Å². The van der Waals surface area contributed by atoms with Crippen LogP contribution in [0.25, 0.3) is 11.1 Å². The Morgan fingerprint density at radius 3 is 2.62 bits per heavy atom. The summed E-state index contributed by atoms with van der Waals surface area (Å²) in [4.78, 5) is 10.1. The number of nitro groups is 1. The zero-order valence-corrected chi connectivity index (χ0v) is 8.94. The van der Waals surface area contributed by atoms with Crippen molar-refractivity contribution in [2.75, 3.05) is 0 Å². The standard InChI is InChI=1S/C10H8ClN3O2/c11-5-10-9(6-12-13-10)7-1-3-8(4-2-7)14(15)16/h1-4,6H,5H2,(H,12,13). The van der Waals surface area contributed by atoms with Crippen LogP contribution in [-0.4, -0.2) is 15.1 Å². The molecule has 0 amide bonds. The van der Waals surface area contributed by atoms with Crippen LogP contribution >= 0.6 is 11.6 Å². The van der Waals surface area contributed by atoms with E-state index >= 15 is 0 Å². The van der Waals surface area contributed by atoms with Gasteiger partial charge in [-0.3, -0.25) is 15.2 Å². The topological polar surface area (TPSA) is 71.8 Å². The zero-order valence-electron chi connectivity index (χ0n) is 8.18. The molecule has 0 aliphatic rings. The summed E-state index contributed by atoms with van der Waals surface area (Å²) in [7, 11) is 0. The highest BCUT2D eigenvalue weighted by Gasteiger charge is 2.09. The summed E-state index contributed by atoms with van der Waals surface area (Å²) in [5.41, 5.74) is 2.59. The van der Waals surface area contributed by atoms with Crippen LogP contribution in [0.2, 0.25) is 0 Å². The zero-order chi connectivity index (χ0) is 11.5. The molecule has 1 heterocycles. The maximum atomic E-state index is 10.5. The van der Waals surface area contributed by atoms with Gasteiger partial charge in [0.15, 0.2) is 0 Å². The molecule has 0 unspecified atom stereocenters. The molecule has 0 fully saturated rings. The van der Waals surface area contributed by atoms with Gasteiger partial charge in [0.25, 0.3) is 5.69 Å². The number of non-ortho nitro benzene ring substituents is 1. The van der Waals surface area contributed by atoms with Crippen LogP contribution < -0.4 is 0 Å². The molecule has 0 atom stereocenters. The number of nitrogens with zero attached hydrogens (tertiary/aromatic N) is 2. The molecule has 6 heteroatoms. The fourth-order valence-corrected chi connectivity index (χ4v) is 1.63. The average Bonchev–Trinajstić information content (AvgIpc) is 2.77. The van der Waals surface area contributed by atoms with Crippen molar-refractivity contribution in [1.29, 1.82) is 0 Å². The molecule has 0 saturated heterocycles. The molecule has 82 valence electrons. The van der Waals surface area contributed by atoms with Crippen LogP contribution in [0, 0.1) is 10.1 Å². The van der Waals surface area contributed by atoms with Crippen LogP contribution in [0.5, 0.6) is 0 Å². The van der Waals surface area contributed by atoms with Crippen molar-refractivity contribution in [3.63, 3.8) is 0 Å². The normalized spacial score (nSPS) is 10.3. The minimum Gasteiger partial charge on any atom is -0.281 e. The highest BCUT2D eigenvalue weighted by atomic mass is 35.5.